The molecule has 0 atom stereocenters. The summed E-state index contributed by atoms with van der Waals surface area (Å²) in [5.41, 5.74) is 0. The first-order chi connectivity index (χ1) is 8.29. The van der Waals surface area contributed by atoms with E-state index in [0.717, 1.165) is 38.8 Å². The molecule has 4 N–H and O–H groups in total. The molecule has 0 aromatic carbocycles. The molecular weight excluding hydrogens is 218 g/mol. The largest absolute Gasteiger partial charge is 0.303 e. The highest BCUT2D eigenvalue weighted by Crippen LogP contribution is 2.16. The van der Waals surface area contributed by atoms with Crippen molar-refractivity contribution >= 4 is 0 Å². The third kappa shape index (κ3) is 3.87. The molecule has 0 unspecified atom stereocenters. The van der Waals surface area contributed by atoms with Gasteiger partial charge in [-0.25, -0.2) is 10.9 Å². The molecule has 0 amide bonds. The van der Waals surface area contributed by atoms with Crippen molar-refractivity contribution in [3.05, 3.63) is 0 Å². The minimum atomic E-state index is 0.631. The molecule has 0 saturated carbocycles. The van der Waals surface area contributed by atoms with Gasteiger partial charge in [0, 0.05) is 51.9 Å². The summed E-state index contributed by atoms with van der Waals surface area (Å²) in [6.45, 7) is 8.24. The zero-order valence-electron chi connectivity index (χ0n) is 10.6. The smallest absolute Gasteiger partial charge is 0.0806 e. The SMILES string of the molecule is NOCCN1CCN(C2CCN(N)CC2)CC1. The van der Waals surface area contributed by atoms with Crippen LogP contribution in [0.1, 0.15) is 12.8 Å². The molecule has 0 aromatic rings. The Balaban J connectivity index is 1.68. The van der Waals surface area contributed by atoms with E-state index in [4.69, 9.17) is 11.7 Å². The zero-order valence-corrected chi connectivity index (χ0v) is 10.6. The van der Waals surface area contributed by atoms with Gasteiger partial charge in [-0.3, -0.25) is 15.6 Å². The maximum atomic E-state index is 5.78. The monoisotopic (exact) mass is 243 g/mol. The Kier molecular flexibility index (Phi) is 5.15. The van der Waals surface area contributed by atoms with E-state index in [-0.39, 0.29) is 0 Å². The summed E-state index contributed by atoms with van der Waals surface area (Å²) in [6.07, 6.45) is 2.42. The van der Waals surface area contributed by atoms with Crippen LogP contribution in [0.5, 0.6) is 0 Å². The molecule has 0 spiro atoms. The van der Waals surface area contributed by atoms with E-state index in [1.165, 1.54) is 25.9 Å². The van der Waals surface area contributed by atoms with Gasteiger partial charge in [0.2, 0.25) is 0 Å². The molecule has 0 radical (unpaired) electrons. The molecule has 6 heteroatoms. The van der Waals surface area contributed by atoms with Crippen LogP contribution in [-0.4, -0.2) is 73.3 Å². The Morgan fingerprint density at radius 1 is 1.00 bits per heavy atom. The summed E-state index contributed by atoms with van der Waals surface area (Å²) in [5.74, 6) is 10.8. The number of piperidine rings is 1. The molecule has 2 rings (SSSR count). The number of hydrogen-bond acceptors (Lipinski definition) is 6. The summed E-state index contributed by atoms with van der Waals surface area (Å²) in [4.78, 5) is 9.66. The van der Waals surface area contributed by atoms with Crippen LogP contribution < -0.4 is 11.7 Å². The van der Waals surface area contributed by atoms with Crippen LogP contribution in [-0.2, 0) is 4.84 Å². The minimum absolute atomic E-state index is 0.631. The van der Waals surface area contributed by atoms with E-state index in [1.54, 1.807) is 0 Å². The molecule has 2 saturated heterocycles. The maximum absolute atomic E-state index is 5.78. The number of nitrogens with zero attached hydrogens (tertiary/aromatic N) is 3. The van der Waals surface area contributed by atoms with Gasteiger partial charge in [-0.2, -0.15) is 0 Å². The molecule has 17 heavy (non-hydrogen) atoms. The third-order valence-corrected chi connectivity index (χ3v) is 3.95. The van der Waals surface area contributed by atoms with E-state index in [9.17, 15) is 0 Å². The van der Waals surface area contributed by atoms with Gasteiger partial charge in [0.25, 0.3) is 0 Å². The van der Waals surface area contributed by atoms with E-state index >= 15 is 0 Å². The summed E-state index contributed by atoms with van der Waals surface area (Å²) in [5, 5.41) is 1.94. The summed E-state index contributed by atoms with van der Waals surface area (Å²) in [6, 6.07) is 0.739. The quantitative estimate of drug-likeness (QED) is 0.479. The average Bonchev–Trinajstić information content (AvgIpc) is 2.38. The molecule has 0 aromatic heterocycles. The molecule has 2 aliphatic rings. The Morgan fingerprint density at radius 2 is 1.65 bits per heavy atom. The Bertz CT molecular complexity index is 212. The number of piperazine rings is 1. The van der Waals surface area contributed by atoms with Crippen molar-refractivity contribution < 1.29 is 4.84 Å². The lowest BCUT2D eigenvalue weighted by Crippen LogP contribution is -2.54. The highest BCUT2D eigenvalue weighted by molar-refractivity contribution is 4.82. The molecule has 2 heterocycles. The van der Waals surface area contributed by atoms with Gasteiger partial charge in [-0.05, 0) is 12.8 Å². The Hall–Kier alpha value is -0.240. The van der Waals surface area contributed by atoms with Crippen LogP contribution in [0.15, 0.2) is 0 Å². The van der Waals surface area contributed by atoms with Gasteiger partial charge < -0.3 is 4.84 Å². The summed E-state index contributed by atoms with van der Waals surface area (Å²) in [7, 11) is 0. The molecule has 2 fully saturated rings. The van der Waals surface area contributed by atoms with E-state index in [0.29, 0.717) is 6.61 Å². The lowest BCUT2D eigenvalue weighted by Gasteiger charge is -2.42. The fourth-order valence-corrected chi connectivity index (χ4v) is 2.78. The van der Waals surface area contributed by atoms with Crippen LogP contribution in [0.4, 0.5) is 0 Å². The Morgan fingerprint density at radius 3 is 2.24 bits per heavy atom. The van der Waals surface area contributed by atoms with E-state index < -0.39 is 0 Å². The molecular formula is C11H25N5O. The lowest BCUT2D eigenvalue weighted by atomic mass is 10.0. The van der Waals surface area contributed by atoms with Crippen molar-refractivity contribution in [2.75, 3.05) is 52.4 Å². The van der Waals surface area contributed by atoms with E-state index in [1.807, 2.05) is 5.01 Å². The standard InChI is InChI=1S/C11H25N5O/c12-16-3-1-11(2-4-16)15-7-5-14(6-8-15)9-10-17-13/h11H,1-10,12-13H2. The summed E-state index contributed by atoms with van der Waals surface area (Å²) >= 11 is 0. The van der Waals surface area contributed by atoms with E-state index in [2.05, 4.69) is 14.6 Å². The normalized spacial score (nSPS) is 26.5. The van der Waals surface area contributed by atoms with Crippen molar-refractivity contribution in [3.63, 3.8) is 0 Å². The predicted molar refractivity (Wildman–Crippen MR) is 66.9 cm³/mol. The van der Waals surface area contributed by atoms with Gasteiger partial charge >= 0.3 is 0 Å². The van der Waals surface area contributed by atoms with Crippen molar-refractivity contribution in [1.82, 2.24) is 14.8 Å². The number of hydrogen-bond donors (Lipinski definition) is 2. The first-order valence-corrected chi connectivity index (χ1v) is 6.57. The average molecular weight is 243 g/mol. The second kappa shape index (κ2) is 6.63. The minimum Gasteiger partial charge on any atom is -0.303 e. The van der Waals surface area contributed by atoms with Gasteiger partial charge in [-0.15, -0.1) is 0 Å². The number of rotatable bonds is 4. The van der Waals surface area contributed by atoms with Crippen LogP contribution >= 0.6 is 0 Å². The highest BCUT2D eigenvalue weighted by Gasteiger charge is 2.26. The van der Waals surface area contributed by atoms with Crippen LogP contribution in [0.25, 0.3) is 0 Å². The van der Waals surface area contributed by atoms with Crippen LogP contribution in [0.3, 0.4) is 0 Å². The molecule has 0 bridgehead atoms. The van der Waals surface area contributed by atoms with Crippen molar-refractivity contribution in [1.29, 1.82) is 0 Å². The molecule has 6 nitrogen and oxygen atoms in total. The number of nitrogens with two attached hydrogens (primary N) is 2. The lowest BCUT2D eigenvalue weighted by molar-refractivity contribution is 0.0420. The van der Waals surface area contributed by atoms with Gasteiger partial charge in [0.05, 0.1) is 6.61 Å². The van der Waals surface area contributed by atoms with Crippen LogP contribution in [0, 0.1) is 0 Å². The first-order valence-electron chi connectivity index (χ1n) is 6.57. The third-order valence-electron chi connectivity index (χ3n) is 3.95. The fourth-order valence-electron chi connectivity index (χ4n) is 2.78. The van der Waals surface area contributed by atoms with Gasteiger partial charge in [0.1, 0.15) is 0 Å². The fraction of sp³-hybridized carbons (Fsp3) is 1.00. The second-order valence-corrected chi connectivity index (χ2v) is 5.02. The highest BCUT2D eigenvalue weighted by atomic mass is 16.6. The molecule has 0 aliphatic carbocycles. The van der Waals surface area contributed by atoms with Gasteiger partial charge in [-0.1, -0.05) is 0 Å². The topological polar surface area (TPSA) is 71.0 Å². The first kappa shape index (κ1) is 13.2. The molecule has 2 aliphatic heterocycles. The van der Waals surface area contributed by atoms with Crippen molar-refractivity contribution in [2.45, 2.75) is 18.9 Å². The van der Waals surface area contributed by atoms with Crippen molar-refractivity contribution in [3.8, 4) is 0 Å². The molecule has 100 valence electrons. The zero-order chi connectivity index (χ0) is 12.1. The summed E-state index contributed by atoms with van der Waals surface area (Å²) < 4.78 is 0. The predicted octanol–water partition coefficient (Wildman–Crippen LogP) is -1.17. The van der Waals surface area contributed by atoms with Crippen molar-refractivity contribution in [2.24, 2.45) is 11.7 Å². The van der Waals surface area contributed by atoms with Crippen LogP contribution in [0.2, 0.25) is 0 Å². The Labute approximate surface area is 103 Å². The maximum Gasteiger partial charge on any atom is 0.0806 e. The number of hydrazine groups is 1. The van der Waals surface area contributed by atoms with Gasteiger partial charge in [0.15, 0.2) is 0 Å². The second-order valence-electron chi connectivity index (χ2n) is 5.02.